The lowest BCUT2D eigenvalue weighted by Crippen LogP contribution is -2.11. The number of fused-ring (bicyclic) bond motifs is 1. The summed E-state index contributed by atoms with van der Waals surface area (Å²) in [6, 6.07) is 4.50. The maximum absolute atomic E-state index is 11.5. The number of nitrogen functional groups attached to an aromatic ring is 1. The van der Waals surface area contributed by atoms with E-state index in [0.29, 0.717) is 11.1 Å². The molecule has 3 aromatic rings. The first-order chi connectivity index (χ1) is 11.2. The van der Waals surface area contributed by atoms with E-state index < -0.39 is 19.9 Å². The Morgan fingerprint density at radius 1 is 1.25 bits per heavy atom. The Bertz CT molecular complexity index is 1090. The van der Waals surface area contributed by atoms with Crippen molar-refractivity contribution in [1.29, 1.82) is 0 Å². The normalized spacial score (nSPS) is 11.8. The van der Waals surface area contributed by atoms with Crippen LogP contribution in [0.3, 0.4) is 0 Å². The van der Waals surface area contributed by atoms with Gasteiger partial charge in [-0.25, -0.2) is 8.42 Å². The van der Waals surface area contributed by atoms with Crippen LogP contribution in [0.4, 0.5) is 11.6 Å². The molecule has 0 amide bonds. The number of sulfone groups is 1. The standard InChI is InChI=1S/C12H11N7O4S/c1-6-3-4-7(5-8(6)19(20)21)9-14-11-16-12(24(2,22)23)15-10(13)18(11)17-9/h3-5H,1-2H3,(H2,13,14,15,16,17). The second-order valence-electron chi connectivity index (χ2n) is 5.04. The van der Waals surface area contributed by atoms with Crippen molar-refractivity contribution < 1.29 is 13.3 Å². The number of rotatable bonds is 3. The largest absolute Gasteiger partial charge is 0.368 e. The van der Waals surface area contributed by atoms with Crippen LogP contribution >= 0.6 is 0 Å². The molecule has 0 bridgehead atoms. The van der Waals surface area contributed by atoms with Gasteiger partial charge in [0.2, 0.25) is 15.8 Å². The first kappa shape index (κ1) is 15.7. The first-order valence-corrected chi connectivity index (χ1v) is 8.42. The summed E-state index contributed by atoms with van der Waals surface area (Å²) >= 11 is 0. The average molecular weight is 349 g/mol. The van der Waals surface area contributed by atoms with Crippen molar-refractivity contribution in [2.45, 2.75) is 12.1 Å². The number of hydrogen-bond acceptors (Lipinski definition) is 9. The maximum Gasteiger partial charge on any atom is 0.273 e. The number of nitrogens with two attached hydrogens (primary N) is 1. The predicted molar refractivity (Wildman–Crippen MR) is 82.9 cm³/mol. The lowest BCUT2D eigenvalue weighted by molar-refractivity contribution is -0.385. The van der Waals surface area contributed by atoms with Gasteiger partial charge in [-0.05, 0) is 6.92 Å². The minimum absolute atomic E-state index is 0.0684. The molecule has 0 unspecified atom stereocenters. The quantitative estimate of drug-likeness (QED) is 0.521. The van der Waals surface area contributed by atoms with Gasteiger partial charge in [0, 0.05) is 23.4 Å². The molecular formula is C12H11N7O4S. The van der Waals surface area contributed by atoms with E-state index in [-0.39, 0.29) is 23.2 Å². The summed E-state index contributed by atoms with van der Waals surface area (Å²) in [6.07, 6.45) is 0.943. The van der Waals surface area contributed by atoms with Crippen molar-refractivity contribution in [1.82, 2.24) is 24.6 Å². The zero-order valence-corrected chi connectivity index (χ0v) is 13.4. The van der Waals surface area contributed by atoms with E-state index in [9.17, 15) is 18.5 Å². The molecule has 0 saturated heterocycles. The van der Waals surface area contributed by atoms with E-state index in [2.05, 4.69) is 20.1 Å². The lowest BCUT2D eigenvalue weighted by Gasteiger charge is -1.99. The van der Waals surface area contributed by atoms with E-state index in [1.165, 1.54) is 6.07 Å². The minimum atomic E-state index is -3.67. The highest BCUT2D eigenvalue weighted by atomic mass is 32.2. The monoisotopic (exact) mass is 349 g/mol. The van der Waals surface area contributed by atoms with E-state index in [4.69, 9.17) is 5.73 Å². The van der Waals surface area contributed by atoms with Gasteiger partial charge in [-0.3, -0.25) is 10.1 Å². The third-order valence-corrected chi connectivity index (χ3v) is 4.05. The molecule has 11 nitrogen and oxygen atoms in total. The molecule has 0 aliphatic carbocycles. The number of hydrogen-bond donors (Lipinski definition) is 1. The summed E-state index contributed by atoms with van der Waals surface area (Å²) in [7, 11) is -3.67. The number of nitro benzene ring substituents is 1. The molecule has 12 heteroatoms. The summed E-state index contributed by atoms with van der Waals surface area (Å²) in [5.74, 6) is -0.160. The molecule has 0 aliphatic heterocycles. The van der Waals surface area contributed by atoms with Gasteiger partial charge in [-0.2, -0.15) is 19.5 Å². The molecule has 1 aromatic carbocycles. The van der Waals surface area contributed by atoms with Gasteiger partial charge < -0.3 is 5.73 Å². The number of anilines is 1. The van der Waals surface area contributed by atoms with Crippen molar-refractivity contribution in [3.05, 3.63) is 33.9 Å². The van der Waals surface area contributed by atoms with Crippen molar-refractivity contribution in [2.24, 2.45) is 0 Å². The highest BCUT2D eigenvalue weighted by Crippen LogP contribution is 2.25. The van der Waals surface area contributed by atoms with Gasteiger partial charge >= 0.3 is 0 Å². The Morgan fingerprint density at radius 3 is 2.58 bits per heavy atom. The van der Waals surface area contributed by atoms with Gasteiger partial charge in [0.25, 0.3) is 16.6 Å². The molecule has 2 aromatic heterocycles. The van der Waals surface area contributed by atoms with Crippen LogP contribution in [0, 0.1) is 17.0 Å². The van der Waals surface area contributed by atoms with Crippen LogP contribution in [0.2, 0.25) is 0 Å². The summed E-state index contributed by atoms with van der Waals surface area (Å²) in [5, 5.41) is 14.6. The highest BCUT2D eigenvalue weighted by Gasteiger charge is 2.19. The molecule has 0 radical (unpaired) electrons. The van der Waals surface area contributed by atoms with Gasteiger partial charge in [0.05, 0.1) is 4.92 Å². The molecule has 0 spiro atoms. The summed E-state index contributed by atoms with van der Waals surface area (Å²) in [5.41, 5.74) is 6.47. The van der Waals surface area contributed by atoms with Gasteiger partial charge in [-0.15, -0.1) is 5.10 Å². The van der Waals surface area contributed by atoms with E-state index in [1.807, 2.05) is 0 Å². The van der Waals surface area contributed by atoms with Crippen LogP contribution in [0.25, 0.3) is 17.2 Å². The third kappa shape index (κ3) is 2.62. The van der Waals surface area contributed by atoms with Crippen LogP contribution in [0.5, 0.6) is 0 Å². The molecule has 24 heavy (non-hydrogen) atoms. The molecule has 2 heterocycles. The Kier molecular flexibility index (Phi) is 3.41. The molecular weight excluding hydrogens is 338 g/mol. The number of benzene rings is 1. The number of aromatic nitrogens is 5. The minimum Gasteiger partial charge on any atom is -0.368 e. The topological polar surface area (TPSA) is 159 Å². The Hall–Kier alpha value is -3.15. The lowest BCUT2D eigenvalue weighted by atomic mass is 10.1. The molecule has 2 N–H and O–H groups in total. The SMILES string of the molecule is Cc1ccc(-c2nc3nc(S(C)(=O)=O)nc(N)n3n2)cc1[N+](=O)[O-]. The molecule has 0 atom stereocenters. The second-order valence-corrected chi connectivity index (χ2v) is 6.95. The maximum atomic E-state index is 11.5. The number of nitrogens with zero attached hydrogens (tertiary/aromatic N) is 6. The van der Waals surface area contributed by atoms with Gasteiger partial charge in [0.1, 0.15) is 0 Å². The van der Waals surface area contributed by atoms with Gasteiger partial charge in [0.15, 0.2) is 5.82 Å². The smallest absolute Gasteiger partial charge is 0.273 e. The summed E-state index contributed by atoms with van der Waals surface area (Å²) in [4.78, 5) is 22.1. The van der Waals surface area contributed by atoms with Crippen molar-refractivity contribution in [3.63, 3.8) is 0 Å². The fraction of sp³-hybridized carbons (Fsp3) is 0.167. The van der Waals surface area contributed by atoms with Crippen LogP contribution in [-0.2, 0) is 9.84 Å². The fourth-order valence-electron chi connectivity index (χ4n) is 2.02. The highest BCUT2D eigenvalue weighted by molar-refractivity contribution is 7.90. The number of nitro groups is 1. The molecule has 0 fully saturated rings. The Morgan fingerprint density at radius 2 is 1.96 bits per heavy atom. The summed E-state index contributed by atoms with van der Waals surface area (Å²) < 4.78 is 24.2. The second kappa shape index (κ2) is 5.19. The van der Waals surface area contributed by atoms with Crippen molar-refractivity contribution in [3.8, 4) is 11.4 Å². The predicted octanol–water partition coefficient (Wildman–Crippen LogP) is 0.389. The first-order valence-electron chi connectivity index (χ1n) is 6.52. The third-order valence-electron chi connectivity index (χ3n) is 3.21. The zero-order chi connectivity index (χ0) is 17.6. The van der Waals surface area contributed by atoms with Crippen LogP contribution < -0.4 is 5.73 Å². The fourth-order valence-corrected chi connectivity index (χ4v) is 2.53. The van der Waals surface area contributed by atoms with E-state index in [0.717, 1.165) is 10.8 Å². The van der Waals surface area contributed by atoms with E-state index in [1.54, 1.807) is 19.1 Å². The molecule has 124 valence electrons. The van der Waals surface area contributed by atoms with E-state index >= 15 is 0 Å². The number of aryl methyl sites for hydroxylation is 1. The molecule has 3 rings (SSSR count). The molecule has 0 saturated carbocycles. The Balaban J connectivity index is 2.20. The summed E-state index contributed by atoms with van der Waals surface area (Å²) in [6.45, 7) is 1.61. The van der Waals surface area contributed by atoms with Crippen LogP contribution in [0.1, 0.15) is 5.56 Å². The Labute approximate surface area is 135 Å². The van der Waals surface area contributed by atoms with Crippen LogP contribution in [-0.4, -0.2) is 44.2 Å². The molecule has 0 aliphatic rings. The van der Waals surface area contributed by atoms with Gasteiger partial charge in [-0.1, -0.05) is 12.1 Å². The van der Waals surface area contributed by atoms with Crippen LogP contribution in [0.15, 0.2) is 23.4 Å². The van der Waals surface area contributed by atoms with Crippen molar-refractivity contribution in [2.75, 3.05) is 12.0 Å². The average Bonchev–Trinajstić information content (AvgIpc) is 2.91. The van der Waals surface area contributed by atoms with Crippen molar-refractivity contribution >= 4 is 27.3 Å². The zero-order valence-electron chi connectivity index (χ0n) is 12.5.